The summed E-state index contributed by atoms with van der Waals surface area (Å²) < 4.78 is 5.87. The number of halogens is 1. The monoisotopic (exact) mass is 456 g/mol. The Morgan fingerprint density at radius 2 is 1.85 bits per heavy atom. The molecule has 0 saturated carbocycles. The number of allylic oxidation sites excluding steroid dienone is 1. The molecule has 0 atom stereocenters. The Morgan fingerprint density at radius 1 is 1.03 bits per heavy atom. The quantitative estimate of drug-likeness (QED) is 0.262. The zero-order valence-electron chi connectivity index (χ0n) is 17.6. The SMILES string of the molecule is O=C(NN=CC=Cc1ccccc1)c1cc(-c2cccc(OCc3ccc(Cl)cc3)c2)n[nH]1. The van der Waals surface area contributed by atoms with Gasteiger partial charge in [0.25, 0.3) is 5.91 Å². The Bertz CT molecular complexity index is 1260. The van der Waals surface area contributed by atoms with E-state index < -0.39 is 0 Å². The van der Waals surface area contributed by atoms with Crippen molar-refractivity contribution in [3.63, 3.8) is 0 Å². The van der Waals surface area contributed by atoms with Crippen LogP contribution < -0.4 is 10.2 Å². The second kappa shape index (κ2) is 10.9. The molecule has 0 bridgehead atoms. The number of carbonyl (C=O) groups excluding carboxylic acids is 1. The third kappa shape index (κ3) is 6.41. The first-order chi connectivity index (χ1) is 16.2. The van der Waals surface area contributed by atoms with E-state index in [1.54, 1.807) is 12.1 Å². The smallest absolute Gasteiger partial charge is 0.289 e. The number of benzene rings is 3. The number of hydrazone groups is 1. The van der Waals surface area contributed by atoms with Gasteiger partial charge in [-0.05, 0) is 47.5 Å². The highest BCUT2D eigenvalue weighted by molar-refractivity contribution is 6.30. The van der Waals surface area contributed by atoms with Gasteiger partial charge in [-0.15, -0.1) is 0 Å². The average molecular weight is 457 g/mol. The molecule has 33 heavy (non-hydrogen) atoms. The molecule has 4 aromatic rings. The predicted molar refractivity (Wildman–Crippen MR) is 131 cm³/mol. The van der Waals surface area contributed by atoms with Gasteiger partial charge in [0.05, 0.1) is 5.69 Å². The minimum Gasteiger partial charge on any atom is -0.489 e. The van der Waals surface area contributed by atoms with Gasteiger partial charge in [-0.1, -0.05) is 72.3 Å². The van der Waals surface area contributed by atoms with Gasteiger partial charge in [0.15, 0.2) is 0 Å². The molecule has 0 aliphatic rings. The summed E-state index contributed by atoms with van der Waals surface area (Å²) in [6.45, 7) is 0.422. The third-order valence-corrected chi connectivity index (χ3v) is 4.94. The van der Waals surface area contributed by atoms with Crippen LogP contribution >= 0.6 is 11.6 Å². The molecule has 6 nitrogen and oxygen atoms in total. The summed E-state index contributed by atoms with van der Waals surface area (Å²) in [6, 6.07) is 26.5. The Hall–Kier alpha value is -4.16. The number of hydrogen-bond donors (Lipinski definition) is 2. The van der Waals surface area contributed by atoms with Crippen molar-refractivity contribution < 1.29 is 9.53 Å². The molecule has 3 aromatic carbocycles. The lowest BCUT2D eigenvalue weighted by Gasteiger charge is -2.07. The fraction of sp³-hybridized carbons (Fsp3) is 0.0385. The highest BCUT2D eigenvalue weighted by Gasteiger charge is 2.11. The highest BCUT2D eigenvalue weighted by atomic mass is 35.5. The van der Waals surface area contributed by atoms with Crippen LogP contribution in [-0.4, -0.2) is 22.3 Å². The van der Waals surface area contributed by atoms with Crippen LogP contribution in [-0.2, 0) is 6.61 Å². The summed E-state index contributed by atoms with van der Waals surface area (Å²) in [5, 5.41) is 11.6. The maximum atomic E-state index is 12.3. The number of hydrogen-bond acceptors (Lipinski definition) is 4. The topological polar surface area (TPSA) is 79.4 Å². The van der Waals surface area contributed by atoms with Crippen LogP contribution in [0, 0.1) is 0 Å². The Labute approximate surface area is 196 Å². The molecule has 0 unspecified atom stereocenters. The maximum absolute atomic E-state index is 12.3. The summed E-state index contributed by atoms with van der Waals surface area (Å²) in [4.78, 5) is 12.3. The molecule has 164 valence electrons. The number of nitrogens with one attached hydrogen (secondary N) is 2. The highest BCUT2D eigenvalue weighted by Crippen LogP contribution is 2.23. The molecule has 0 radical (unpaired) electrons. The number of ether oxygens (including phenoxy) is 1. The molecule has 7 heteroatoms. The van der Waals surface area contributed by atoms with Gasteiger partial charge in [0.1, 0.15) is 18.1 Å². The van der Waals surface area contributed by atoms with Crippen molar-refractivity contribution in [1.29, 1.82) is 0 Å². The van der Waals surface area contributed by atoms with Gasteiger partial charge < -0.3 is 4.74 Å². The molecular weight excluding hydrogens is 436 g/mol. The van der Waals surface area contributed by atoms with Crippen molar-refractivity contribution in [2.75, 3.05) is 0 Å². The second-order valence-electron chi connectivity index (χ2n) is 7.10. The predicted octanol–water partition coefficient (Wildman–Crippen LogP) is 5.74. The van der Waals surface area contributed by atoms with E-state index in [9.17, 15) is 4.79 Å². The summed E-state index contributed by atoms with van der Waals surface area (Å²) >= 11 is 5.92. The van der Waals surface area contributed by atoms with Crippen molar-refractivity contribution >= 4 is 29.8 Å². The van der Waals surface area contributed by atoms with Crippen LogP contribution in [0.15, 0.2) is 96.1 Å². The number of nitrogens with zero attached hydrogens (tertiary/aromatic N) is 2. The lowest BCUT2D eigenvalue weighted by Crippen LogP contribution is -2.17. The Morgan fingerprint density at radius 3 is 2.67 bits per heavy atom. The molecule has 4 rings (SSSR count). The molecular formula is C26H21ClN4O2. The Balaban J connectivity index is 1.34. The van der Waals surface area contributed by atoms with Gasteiger partial charge in [-0.2, -0.15) is 10.2 Å². The molecule has 0 spiro atoms. The average Bonchev–Trinajstić information content (AvgIpc) is 3.35. The van der Waals surface area contributed by atoms with Crippen LogP contribution in [0.4, 0.5) is 0 Å². The van der Waals surface area contributed by atoms with Crippen molar-refractivity contribution in [1.82, 2.24) is 15.6 Å². The summed E-state index contributed by atoms with van der Waals surface area (Å²) in [5.41, 5.74) is 6.31. The molecule has 1 amide bonds. The molecule has 1 heterocycles. The van der Waals surface area contributed by atoms with Crippen LogP contribution in [0.1, 0.15) is 21.6 Å². The van der Waals surface area contributed by atoms with Gasteiger partial charge in [-0.3, -0.25) is 9.89 Å². The first kappa shape index (κ1) is 22.0. The van der Waals surface area contributed by atoms with Crippen LogP contribution in [0.2, 0.25) is 5.02 Å². The van der Waals surface area contributed by atoms with E-state index >= 15 is 0 Å². The number of aromatic amines is 1. The molecule has 1 aromatic heterocycles. The molecule has 0 fully saturated rings. The number of H-pyrrole nitrogens is 1. The van der Waals surface area contributed by atoms with Gasteiger partial charge in [0.2, 0.25) is 0 Å². The third-order valence-electron chi connectivity index (χ3n) is 4.69. The molecule has 0 aliphatic heterocycles. The van der Waals surface area contributed by atoms with E-state index in [1.165, 1.54) is 6.21 Å². The summed E-state index contributed by atoms with van der Waals surface area (Å²) in [6.07, 6.45) is 5.17. The standard InChI is InChI=1S/C26H21ClN4O2/c27-22-13-11-20(12-14-22)18-33-23-10-4-9-21(16-23)24-17-25(30-29-24)26(32)31-28-15-5-8-19-6-2-1-3-7-19/h1-17H,18H2,(H,29,30)(H,31,32). The van der Waals surface area contributed by atoms with Gasteiger partial charge in [0, 0.05) is 16.8 Å². The fourth-order valence-corrected chi connectivity index (χ4v) is 3.12. The minimum absolute atomic E-state index is 0.307. The summed E-state index contributed by atoms with van der Waals surface area (Å²) in [5.74, 6) is 0.319. The van der Waals surface area contributed by atoms with Crippen LogP contribution in [0.5, 0.6) is 5.75 Å². The molecule has 0 saturated heterocycles. The van der Waals surface area contributed by atoms with Gasteiger partial charge in [-0.25, -0.2) is 5.43 Å². The van der Waals surface area contributed by atoms with Crippen molar-refractivity contribution in [2.45, 2.75) is 6.61 Å². The van der Waals surface area contributed by atoms with Crippen LogP contribution in [0.25, 0.3) is 17.3 Å². The normalized spacial score (nSPS) is 11.2. The second-order valence-corrected chi connectivity index (χ2v) is 7.54. The minimum atomic E-state index is -0.381. The Kier molecular flexibility index (Phi) is 7.30. The first-order valence-electron chi connectivity index (χ1n) is 10.3. The summed E-state index contributed by atoms with van der Waals surface area (Å²) in [7, 11) is 0. The van der Waals surface area contributed by atoms with Crippen molar-refractivity contribution in [3.05, 3.63) is 113 Å². The number of rotatable bonds is 8. The maximum Gasteiger partial charge on any atom is 0.289 e. The number of carbonyl (C=O) groups is 1. The first-order valence-corrected chi connectivity index (χ1v) is 10.6. The molecule has 2 N–H and O–H groups in total. The zero-order chi connectivity index (χ0) is 22.9. The van der Waals surface area contributed by atoms with Crippen molar-refractivity contribution in [3.8, 4) is 17.0 Å². The van der Waals surface area contributed by atoms with E-state index in [0.717, 1.165) is 16.7 Å². The largest absolute Gasteiger partial charge is 0.489 e. The van der Waals surface area contributed by atoms with Gasteiger partial charge >= 0.3 is 0 Å². The molecule has 0 aliphatic carbocycles. The van der Waals surface area contributed by atoms with Crippen LogP contribution in [0.3, 0.4) is 0 Å². The van der Waals surface area contributed by atoms with Crippen molar-refractivity contribution in [2.24, 2.45) is 5.10 Å². The number of aromatic nitrogens is 2. The van der Waals surface area contributed by atoms with E-state index in [2.05, 4.69) is 20.7 Å². The van der Waals surface area contributed by atoms with E-state index in [1.807, 2.05) is 84.9 Å². The fourth-order valence-electron chi connectivity index (χ4n) is 3.00. The lowest BCUT2D eigenvalue weighted by atomic mass is 10.1. The lowest BCUT2D eigenvalue weighted by molar-refractivity contribution is 0.0950. The zero-order valence-corrected chi connectivity index (χ0v) is 18.4. The van der Waals surface area contributed by atoms with E-state index in [4.69, 9.17) is 16.3 Å². The number of amides is 1. The van der Waals surface area contributed by atoms with E-state index in [-0.39, 0.29) is 5.91 Å². The van der Waals surface area contributed by atoms with E-state index in [0.29, 0.717) is 28.8 Å².